The van der Waals surface area contributed by atoms with E-state index in [-0.39, 0.29) is 6.10 Å². The Kier molecular flexibility index (Phi) is 3.47. The van der Waals surface area contributed by atoms with Gasteiger partial charge in [0.25, 0.3) is 0 Å². The summed E-state index contributed by atoms with van der Waals surface area (Å²) in [5, 5.41) is 9.82. The molecule has 5 nitrogen and oxygen atoms in total. The topological polar surface area (TPSA) is 72.3 Å². The van der Waals surface area contributed by atoms with Crippen molar-refractivity contribution in [3.05, 3.63) is 16.8 Å². The van der Waals surface area contributed by atoms with Crippen LogP contribution in [0, 0.1) is 6.92 Å². The van der Waals surface area contributed by atoms with Gasteiger partial charge in [-0.25, -0.2) is 14.8 Å². The van der Waals surface area contributed by atoms with Crippen LogP contribution in [0.15, 0.2) is 6.33 Å². The molecule has 0 bridgehead atoms. The molecular weight excluding hydrogens is 252 g/mol. The number of hydrogen-bond acceptors (Lipinski definition) is 5. The Morgan fingerprint density at radius 3 is 2.89 bits per heavy atom. The maximum Gasteiger partial charge on any atom is 0.346 e. The molecule has 0 aromatic carbocycles. The third-order valence-electron chi connectivity index (χ3n) is 2.77. The van der Waals surface area contributed by atoms with Crippen LogP contribution in [0.25, 0.3) is 10.2 Å². The van der Waals surface area contributed by atoms with Gasteiger partial charge in [-0.2, -0.15) is 0 Å². The molecular formula is C12H14N2O3S. The molecule has 0 fully saturated rings. The first-order valence-corrected chi connectivity index (χ1v) is 6.50. The van der Waals surface area contributed by atoms with Gasteiger partial charge in [0.15, 0.2) is 0 Å². The highest BCUT2D eigenvalue weighted by molar-refractivity contribution is 7.20. The highest BCUT2D eigenvalue weighted by Crippen LogP contribution is 2.34. The van der Waals surface area contributed by atoms with Gasteiger partial charge in [0.05, 0.1) is 11.5 Å². The van der Waals surface area contributed by atoms with Gasteiger partial charge >= 0.3 is 5.97 Å². The summed E-state index contributed by atoms with van der Waals surface area (Å²) in [6, 6.07) is 0. The van der Waals surface area contributed by atoms with E-state index in [2.05, 4.69) is 9.97 Å². The minimum absolute atomic E-state index is 0.0377. The number of hydrogen-bond donors (Lipinski definition) is 1. The molecule has 0 spiro atoms. The van der Waals surface area contributed by atoms with E-state index in [0.717, 1.165) is 17.8 Å². The van der Waals surface area contributed by atoms with E-state index in [1.807, 2.05) is 13.8 Å². The summed E-state index contributed by atoms with van der Waals surface area (Å²) in [7, 11) is 0. The van der Waals surface area contributed by atoms with Crippen molar-refractivity contribution in [2.24, 2.45) is 0 Å². The zero-order chi connectivity index (χ0) is 13.3. The first-order valence-electron chi connectivity index (χ1n) is 5.68. The number of thiophene rings is 1. The van der Waals surface area contributed by atoms with Crippen molar-refractivity contribution in [2.45, 2.75) is 33.3 Å². The molecule has 0 aliphatic rings. The number of ether oxygens (including phenoxy) is 1. The second-order valence-corrected chi connectivity index (χ2v) is 5.06. The van der Waals surface area contributed by atoms with Crippen molar-refractivity contribution in [3.63, 3.8) is 0 Å². The van der Waals surface area contributed by atoms with Crippen LogP contribution in [-0.2, 0) is 0 Å². The lowest BCUT2D eigenvalue weighted by molar-refractivity contribution is 0.0701. The Hall–Kier alpha value is -1.69. The molecule has 6 heteroatoms. The Morgan fingerprint density at radius 2 is 2.28 bits per heavy atom. The van der Waals surface area contributed by atoms with Crippen molar-refractivity contribution in [1.82, 2.24) is 9.97 Å². The first-order chi connectivity index (χ1) is 8.54. The van der Waals surface area contributed by atoms with Crippen molar-refractivity contribution < 1.29 is 14.6 Å². The third-order valence-corrected chi connectivity index (χ3v) is 3.96. The Labute approximate surface area is 108 Å². The fourth-order valence-electron chi connectivity index (χ4n) is 1.61. The van der Waals surface area contributed by atoms with Gasteiger partial charge in [0, 0.05) is 0 Å². The molecule has 2 aromatic rings. The van der Waals surface area contributed by atoms with E-state index in [0.29, 0.717) is 26.5 Å². The van der Waals surface area contributed by atoms with E-state index in [1.165, 1.54) is 6.33 Å². The quantitative estimate of drug-likeness (QED) is 0.921. The standard InChI is InChI=1S/C12H14N2O3S/c1-4-6(2)17-10-8-7(3)9(12(15)16)18-11(8)14-5-13-10/h5-6H,4H2,1-3H3,(H,15,16). The zero-order valence-electron chi connectivity index (χ0n) is 10.4. The number of aromatic nitrogens is 2. The summed E-state index contributed by atoms with van der Waals surface area (Å²) in [5.41, 5.74) is 0.668. The van der Waals surface area contributed by atoms with Crippen LogP contribution in [0.5, 0.6) is 5.88 Å². The molecule has 0 aliphatic carbocycles. The van der Waals surface area contributed by atoms with Gasteiger partial charge in [-0.05, 0) is 25.8 Å². The van der Waals surface area contributed by atoms with Crippen molar-refractivity contribution in [3.8, 4) is 5.88 Å². The zero-order valence-corrected chi connectivity index (χ0v) is 11.2. The number of fused-ring (bicyclic) bond motifs is 1. The molecule has 96 valence electrons. The van der Waals surface area contributed by atoms with E-state index in [9.17, 15) is 4.79 Å². The average Bonchev–Trinajstić information content (AvgIpc) is 2.68. The molecule has 0 saturated heterocycles. The van der Waals surface area contributed by atoms with Gasteiger partial charge in [0.2, 0.25) is 5.88 Å². The van der Waals surface area contributed by atoms with Crippen LogP contribution < -0.4 is 4.74 Å². The van der Waals surface area contributed by atoms with Gasteiger partial charge in [0.1, 0.15) is 16.0 Å². The van der Waals surface area contributed by atoms with Gasteiger partial charge < -0.3 is 9.84 Å². The van der Waals surface area contributed by atoms with Crippen molar-refractivity contribution in [2.75, 3.05) is 0 Å². The Morgan fingerprint density at radius 1 is 1.56 bits per heavy atom. The summed E-state index contributed by atoms with van der Waals surface area (Å²) >= 11 is 1.15. The number of carboxylic acids is 1. The van der Waals surface area contributed by atoms with Crippen LogP contribution in [0.2, 0.25) is 0 Å². The Bertz CT molecular complexity index is 594. The highest BCUT2D eigenvalue weighted by Gasteiger charge is 2.19. The number of rotatable bonds is 4. The second kappa shape index (κ2) is 4.89. The monoisotopic (exact) mass is 266 g/mol. The van der Waals surface area contributed by atoms with Crippen LogP contribution in [0.3, 0.4) is 0 Å². The van der Waals surface area contributed by atoms with Crippen LogP contribution in [0.4, 0.5) is 0 Å². The fraction of sp³-hybridized carbons (Fsp3) is 0.417. The molecule has 2 rings (SSSR count). The molecule has 2 aromatic heterocycles. The molecule has 1 N–H and O–H groups in total. The average molecular weight is 266 g/mol. The van der Waals surface area contributed by atoms with Crippen molar-refractivity contribution in [1.29, 1.82) is 0 Å². The molecule has 0 amide bonds. The summed E-state index contributed by atoms with van der Waals surface area (Å²) in [6.07, 6.45) is 2.30. The van der Waals surface area contributed by atoms with E-state index in [1.54, 1.807) is 6.92 Å². The summed E-state index contributed by atoms with van der Waals surface area (Å²) < 4.78 is 5.71. The normalized spacial score (nSPS) is 12.6. The lowest BCUT2D eigenvalue weighted by Gasteiger charge is -2.12. The minimum atomic E-state index is -0.940. The summed E-state index contributed by atoms with van der Waals surface area (Å²) in [5.74, 6) is -0.472. The molecule has 1 unspecified atom stereocenters. The Balaban J connectivity index is 2.57. The molecule has 18 heavy (non-hydrogen) atoms. The van der Waals surface area contributed by atoms with E-state index in [4.69, 9.17) is 9.84 Å². The largest absolute Gasteiger partial charge is 0.477 e. The van der Waals surface area contributed by atoms with Crippen LogP contribution >= 0.6 is 11.3 Å². The number of nitrogens with zero attached hydrogens (tertiary/aromatic N) is 2. The third kappa shape index (κ3) is 2.15. The number of aromatic carboxylic acids is 1. The fourth-order valence-corrected chi connectivity index (χ4v) is 2.58. The molecule has 2 heterocycles. The van der Waals surface area contributed by atoms with Gasteiger partial charge in [-0.1, -0.05) is 6.92 Å². The maximum atomic E-state index is 11.1. The van der Waals surface area contributed by atoms with E-state index >= 15 is 0 Å². The van der Waals surface area contributed by atoms with Gasteiger partial charge in [-0.15, -0.1) is 11.3 Å². The summed E-state index contributed by atoms with van der Waals surface area (Å²) in [4.78, 5) is 20.3. The smallest absolute Gasteiger partial charge is 0.346 e. The molecule has 0 aliphatic heterocycles. The minimum Gasteiger partial charge on any atom is -0.477 e. The van der Waals surface area contributed by atoms with Crippen LogP contribution in [-0.4, -0.2) is 27.1 Å². The first kappa shape index (κ1) is 12.8. The highest BCUT2D eigenvalue weighted by atomic mass is 32.1. The number of carboxylic acid groups (broad SMARTS) is 1. The SMILES string of the molecule is CCC(C)Oc1ncnc2sc(C(=O)O)c(C)c12. The van der Waals surface area contributed by atoms with Crippen molar-refractivity contribution >= 4 is 27.5 Å². The van der Waals surface area contributed by atoms with E-state index < -0.39 is 5.97 Å². The second-order valence-electron chi connectivity index (χ2n) is 4.06. The molecule has 0 radical (unpaired) electrons. The predicted molar refractivity (Wildman–Crippen MR) is 69.5 cm³/mol. The lowest BCUT2D eigenvalue weighted by atomic mass is 10.2. The number of aryl methyl sites for hydroxylation is 1. The lowest BCUT2D eigenvalue weighted by Crippen LogP contribution is -2.11. The number of carbonyl (C=O) groups is 1. The summed E-state index contributed by atoms with van der Waals surface area (Å²) in [6.45, 7) is 5.73. The predicted octanol–water partition coefficient (Wildman–Crippen LogP) is 2.88. The maximum absolute atomic E-state index is 11.1. The molecule has 1 atom stereocenters. The van der Waals surface area contributed by atoms with Crippen LogP contribution in [0.1, 0.15) is 35.5 Å². The molecule has 0 saturated carbocycles. The van der Waals surface area contributed by atoms with Gasteiger partial charge in [-0.3, -0.25) is 0 Å².